The molecule has 0 saturated heterocycles. The lowest BCUT2D eigenvalue weighted by molar-refractivity contribution is -0.123. The second-order valence-electron chi connectivity index (χ2n) is 5.59. The van der Waals surface area contributed by atoms with Crippen molar-refractivity contribution in [2.45, 2.75) is 38.0 Å². The molecule has 1 fully saturated rings. The van der Waals surface area contributed by atoms with E-state index in [0.717, 1.165) is 31.2 Å². The minimum Gasteiger partial charge on any atom is -0.396 e. The first-order chi connectivity index (χ1) is 9.62. The molecule has 0 heterocycles. The maximum atomic E-state index is 12.4. The third kappa shape index (κ3) is 3.33. The van der Waals surface area contributed by atoms with Crippen molar-refractivity contribution in [2.24, 2.45) is 5.92 Å². The Kier molecular flexibility index (Phi) is 5.06. The van der Waals surface area contributed by atoms with E-state index < -0.39 is 0 Å². The molecule has 1 aliphatic carbocycles. The van der Waals surface area contributed by atoms with Crippen molar-refractivity contribution < 1.29 is 9.90 Å². The van der Waals surface area contributed by atoms with Gasteiger partial charge in [-0.15, -0.1) is 0 Å². The number of carbonyl (C=O) groups is 1. The molecule has 1 amide bonds. The fourth-order valence-electron chi connectivity index (χ4n) is 2.58. The molecular formula is C16H22ClNO2. The van der Waals surface area contributed by atoms with Crippen LogP contribution in [0.15, 0.2) is 24.3 Å². The van der Waals surface area contributed by atoms with Crippen LogP contribution in [0.4, 0.5) is 0 Å². The van der Waals surface area contributed by atoms with Gasteiger partial charge in [-0.05, 0) is 42.9 Å². The Balaban J connectivity index is 1.96. The molecule has 0 aliphatic heterocycles. The predicted molar refractivity (Wildman–Crippen MR) is 80.9 cm³/mol. The summed E-state index contributed by atoms with van der Waals surface area (Å²) in [6.07, 6.45) is 3.51. The molecule has 2 rings (SSSR count). The first-order valence-electron chi connectivity index (χ1n) is 7.27. The number of aliphatic hydroxyl groups excluding tert-OH is 1. The minimum absolute atomic E-state index is 0.108. The summed E-state index contributed by atoms with van der Waals surface area (Å²) in [6.45, 7) is 2.90. The molecule has 1 saturated carbocycles. The quantitative estimate of drug-likeness (QED) is 0.812. The standard InChI is InChI=1S/C16H22ClNO2/c1-2-12(7-10-19)11-18-15(20)16(8-9-16)13-3-5-14(17)6-4-13/h3-6,12,19H,2,7-11H2,1H3,(H,18,20). The molecule has 1 aromatic carbocycles. The van der Waals surface area contributed by atoms with E-state index in [1.165, 1.54) is 0 Å². The number of hydrogen-bond donors (Lipinski definition) is 2. The zero-order valence-corrected chi connectivity index (χ0v) is 12.6. The van der Waals surface area contributed by atoms with Gasteiger partial charge in [0.15, 0.2) is 0 Å². The molecule has 3 nitrogen and oxygen atoms in total. The van der Waals surface area contributed by atoms with Crippen molar-refractivity contribution in [3.63, 3.8) is 0 Å². The molecule has 1 aromatic rings. The molecule has 0 radical (unpaired) electrons. The van der Waals surface area contributed by atoms with Crippen LogP contribution in [0.1, 0.15) is 38.2 Å². The topological polar surface area (TPSA) is 49.3 Å². The Hall–Kier alpha value is -1.06. The number of nitrogens with one attached hydrogen (secondary N) is 1. The number of hydrogen-bond acceptors (Lipinski definition) is 2. The van der Waals surface area contributed by atoms with E-state index in [2.05, 4.69) is 12.2 Å². The SMILES string of the molecule is CCC(CCO)CNC(=O)C1(c2ccc(Cl)cc2)CC1. The van der Waals surface area contributed by atoms with Crippen LogP contribution in [-0.4, -0.2) is 24.2 Å². The number of rotatable bonds is 7. The molecule has 0 aromatic heterocycles. The molecule has 110 valence electrons. The van der Waals surface area contributed by atoms with E-state index in [0.29, 0.717) is 17.5 Å². The third-order valence-corrected chi connectivity index (χ3v) is 4.50. The van der Waals surface area contributed by atoms with E-state index in [-0.39, 0.29) is 17.9 Å². The number of aliphatic hydroxyl groups is 1. The van der Waals surface area contributed by atoms with Gasteiger partial charge in [0.05, 0.1) is 5.41 Å². The second kappa shape index (κ2) is 6.59. The minimum atomic E-state index is -0.345. The molecule has 1 unspecified atom stereocenters. The zero-order valence-electron chi connectivity index (χ0n) is 11.9. The summed E-state index contributed by atoms with van der Waals surface area (Å²) in [5.41, 5.74) is 0.705. The van der Waals surface area contributed by atoms with E-state index >= 15 is 0 Å². The highest BCUT2D eigenvalue weighted by atomic mass is 35.5. The monoisotopic (exact) mass is 295 g/mol. The van der Waals surface area contributed by atoms with Gasteiger partial charge in [0, 0.05) is 18.2 Å². The normalized spacial score (nSPS) is 17.6. The predicted octanol–water partition coefficient (Wildman–Crippen LogP) is 2.90. The Morgan fingerprint density at radius 1 is 1.40 bits per heavy atom. The van der Waals surface area contributed by atoms with Gasteiger partial charge in [-0.1, -0.05) is 37.1 Å². The summed E-state index contributed by atoms with van der Waals surface area (Å²) < 4.78 is 0. The van der Waals surface area contributed by atoms with Gasteiger partial charge < -0.3 is 10.4 Å². The first-order valence-corrected chi connectivity index (χ1v) is 7.65. The molecule has 2 N–H and O–H groups in total. The van der Waals surface area contributed by atoms with E-state index in [9.17, 15) is 4.79 Å². The molecule has 20 heavy (non-hydrogen) atoms. The lowest BCUT2D eigenvalue weighted by Crippen LogP contribution is -2.37. The summed E-state index contributed by atoms with van der Waals surface area (Å²) in [5, 5.41) is 12.7. The summed E-state index contributed by atoms with van der Waals surface area (Å²) in [6, 6.07) is 7.57. The maximum Gasteiger partial charge on any atom is 0.230 e. The van der Waals surface area contributed by atoms with Gasteiger partial charge in [0.1, 0.15) is 0 Å². The summed E-state index contributed by atoms with van der Waals surface area (Å²) >= 11 is 5.89. The van der Waals surface area contributed by atoms with Gasteiger partial charge in [0.2, 0.25) is 5.91 Å². The third-order valence-electron chi connectivity index (χ3n) is 4.25. The van der Waals surface area contributed by atoms with Crippen LogP contribution < -0.4 is 5.32 Å². The lowest BCUT2D eigenvalue weighted by atomic mass is 9.94. The Morgan fingerprint density at radius 2 is 2.05 bits per heavy atom. The number of carbonyl (C=O) groups excluding carboxylic acids is 1. The average Bonchev–Trinajstić information content (AvgIpc) is 3.25. The Bertz CT molecular complexity index is 454. The molecule has 1 aliphatic rings. The van der Waals surface area contributed by atoms with Gasteiger partial charge in [-0.3, -0.25) is 4.79 Å². The van der Waals surface area contributed by atoms with Gasteiger partial charge in [-0.2, -0.15) is 0 Å². The second-order valence-corrected chi connectivity index (χ2v) is 6.02. The average molecular weight is 296 g/mol. The maximum absolute atomic E-state index is 12.4. The molecular weight excluding hydrogens is 274 g/mol. The highest BCUT2D eigenvalue weighted by molar-refractivity contribution is 6.30. The van der Waals surface area contributed by atoms with Crippen LogP contribution in [0.25, 0.3) is 0 Å². The van der Waals surface area contributed by atoms with Gasteiger partial charge in [0.25, 0.3) is 0 Å². The van der Waals surface area contributed by atoms with Crippen LogP contribution in [0.5, 0.6) is 0 Å². The molecule has 0 spiro atoms. The van der Waals surface area contributed by atoms with Crippen molar-refractivity contribution in [3.8, 4) is 0 Å². The van der Waals surface area contributed by atoms with Crippen molar-refractivity contribution in [1.29, 1.82) is 0 Å². The summed E-state index contributed by atoms with van der Waals surface area (Å²) in [4.78, 5) is 12.4. The number of benzene rings is 1. The van der Waals surface area contributed by atoms with Crippen LogP contribution in [0, 0.1) is 5.92 Å². The number of halogens is 1. The highest BCUT2D eigenvalue weighted by Gasteiger charge is 2.51. The lowest BCUT2D eigenvalue weighted by Gasteiger charge is -2.19. The number of amides is 1. The van der Waals surface area contributed by atoms with Crippen molar-refractivity contribution >= 4 is 17.5 Å². The fourth-order valence-corrected chi connectivity index (χ4v) is 2.71. The van der Waals surface area contributed by atoms with Crippen molar-refractivity contribution in [2.75, 3.05) is 13.2 Å². The van der Waals surface area contributed by atoms with Gasteiger partial charge >= 0.3 is 0 Å². The first kappa shape index (κ1) is 15.3. The van der Waals surface area contributed by atoms with Crippen molar-refractivity contribution in [3.05, 3.63) is 34.9 Å². The van der Waals surface area contributed by atoms with Crippen molar-refractivity contribution in [1.82, 2.24) is 5.32 Å². The van der Waals surface area contributed by atoms with Crippen LogP contribution in [-0.2, 0) is 10.2 Å². The smallest absolute Gasteiger partial charge is 0.230 e. The van der Waals surface area contributed by atoms with Crippen LogP contribution in [0.3, 0.4) is 0 Å². The van der Waals surface area contributed by atoms with E-state index in [1.54, 1.807) is 0 Å². The molecule has 1 atom stereocenters. The fraction of sp³-hybridized carbons (Fsp3) is 0.562. The zero-order chi connectivity index (χ0) is 14.6. The summed E-state index contributed by atoms with van der Waals surface area (Å²) in [7, 11) is 0. The van der Waals surface area contributed by atoms with E-state index in [4.69, 9.17) is 16.7 Å². The largest absolute Gasteiger partial charge is 0.396 e. The molecule has 4 heteroatoms. The van der Waals surface area contributed by atoms with E-state index in [1.807, 2.05) is 24.3 Å². The highest BCUT2D eigenvalue weighted by Crippen LogP contribution is 2.48. The van der Waals surface area contributed by atoms with Crippen LogP contribution >= 0.6 is 11.6 Å². The Morgan fingerprint density at radius 3 is 2.55 bits per heavy atom. The summed E-state index contributed by atoms with van der Waals surface area (Å²) in [5.74, 6) is 0.459. The van der Waals surface area contributed by atoms with Gasteiger partial charge in [-0.25, -0.2) is 0 Å². The van der Waals surface area contributed by atoms with Crippen LogP contribution in [0.2, 0.25) is 5.02 Å². The Labute approximate surface area is 125 Å². The molecule has 0 bridgehead atoms.